The van der Waals surface area contributed by atoms with E-state index < -0.39 is 5.09 Å². The zero-order valence-electron chi connectivity index (χ0n) is 13.3. The monoisotopic (exact) mass is 296 g/mol. The highest BCUT2D eigenvalue weighted by molar-refractivity contribution is 5.14. The summed E-state index contributed by atoms with van der Waals surface area (Å²) < 4.78 is 0. The zero-order chi connectivity index (χ0) is 15.3. The smallest absolute Gasteiger partial charge is 0.294 e. The van der Waals surface area contributed by atoms with Crippen LogP contribution in [0.1, 0.15) is 65.2 Å². The summed E-state index contributed by atoms with van der Waals surface area (Å²) in [5.74, 6) is 0.689. The molecule has 4 aliphatic rings. The van der Waals surface area contributed by atoms with Gasteiger partial charge >= 0.3 is 0 Å². The Labute approximate surface area is 126 Å². The molecule has 5 nitrogen and oxygen atoms in total. The fourth-order valence-electron chi connectivity index (χ4n) is 6.66. The van der Waals surface area contributed by atoms with E-state index in [4.69, 9.17) is 10.6 Å². The number of rotatable bonds is 6. The Morgan fingerprint density at radius 1 is 1.29 bits per heavy atom. The van der Waals surface area contributed by atoms with Crippen LogP contribution in [0.15, 0.2) is 0 Å². The highest BCUT2D eigenvalue weighted by Crippen LogP contribution is 2.71. The number of hydrogen-bond donors (Lipinski definition) is 1. The molecule has 4 saturated carbocycles. The molecule has 120 valence electrons. The van der Waals surface area contributed by atoms with Gasteiger partial charge in [0.2, 0.25) is 0 Å². The lowest BCUT2D eigenvalue weighted by atomic mass is 9.38. The lowest BCUT2D eigenvalue weighted by Gasteiger charge is -2.68. The molecule has 2 N–H and O–H groups in total. The van der Waals surface area contributed by atoms with Crippen molar-refractivity contribution < 1.29 is 9.92 Å². The quantitative estimate of drug-likeness (QED) is 0.602. The maximum Gasteiger partial charge on any atom is 0.294 e. The van der Waals surface area contributed by atoms with E-state index in [1.165, 1.54) is 32.1 Å². The van der Waals surface area contributed by atoms with E-state index in [1.807, 2.05) is 6.92 Å². The maximum atomic E-state index is 10.8. The van der Waals surface area contributed by atoms with Crippen molar-refractivity contribution in [2.24, 2.45) is 27.9 Å². The Morgan fingerprint density at radius 2 is 1.95 bits per heavy atom. The van der Waals surface area contributed by atoms with Crippen molar-refractivity contribution in [2.75, 3.05) is 6.54 Å². The molecule has 4 fully saturated rings. The van der Waals surface area contributed by atoms with Gasteiger partial charge in [-0.25, -0.2) is 0 Å². The van der Waals surface area contributed by atoms with Gasteiger partial charge in [-0.2, -0.15) is 0 Å². The summed E-state index contributed by atoms with van der Waals surface area (Å²) in [6.07, 6.45) is 9.08. The van der Waals surface area contributed by atoms with E-state index >= 15 is 0 Å². The minimum absolute atomic E-state index is 0.0268. The second-order valence-electron chi connectivity index (χ2n) is 8.30. The van der Waals surface area contributed by atoms with Gasteiger partial charge in [-0.1, -0.05) is 13.3 Å². The van der Waals surface area contributed by atoms with Crippen molar-refractivity contribution in [1.82, 2.24) is 0 Å². The van der Waals surface area contributed by atoms with Gasteiger partial charge in [0.05, 0.1) is 0 Å². The van der Waals surface area contributed by atoms with Crippen molar-refractivity contribution in [1.29, 1.82) is 0 Å². The predicted molar refractivity (Wildman–Crippen MR) is 80.0 cm³/mol. The second-order valence-corrected chi connectivity index (χ2v) is 8.30. The SMILES string of the molecule is CCCC12CC3CC(CN)(C1)CC(C(C)O[N+](=O)[O-])(C3)C2. The van der Waals surface area contributed by atoms with E-state index in [2.05, 4.69) is 6.92 Å². The van der Waals surface area contributed by atoms with Gasteiger partial charge in [-0.3, -0.25) is 0 Å². The highest BCUT2D eigenvalue weighted by atomic mass is 17.0. The molecule has 0 heterocycles. The minimum atomic E-state index is -0.606. The van der Waals surface area contributed by atoms with Gasteiger partial charge in [0, 0.05) is 0 Å². The third kappa shape index (κ3) is 2.33. The van der Waals surface area contributed by atoms with Crippen molar-refractivity contribution in [3.05, 3.63) is 10.1 Å². The summed E-state index contributed by atoms with van der Waals surface area (Å²) in [4.78, 5) is 15.8. The molecule has 0 spiro atoms. The summed E-state index contributed by atoms with van der Waals surface area (Å²) in [5, 5.41) is 10.2. The zero-order valence-corrected chi connectivity index (χ0v) is 13.3. The average Bonchev–Trinajstić information content (AvgIpc) is 2.36. The van der Waals surface area contributed by atoms with Gasteiger partial charge in [0.25, 0.3) is 5.09 Å². The first-order chi connectivity index (χ1) is 9.87. The molecule has 21 heavy (non-hydrogen) atoms. The molecule has 0 aromatic heterocycles. The largest absolute Gasteiger partial charge is 0.330 e. The summed E-state index contributed by atoms with van der Waals surface area (Å²) in [7, 11) is 0. The van der Waals surface area contributed by atoms with Crippen LogP contribution in [0, 0.1) is 32.3 Å². The summed E-state index contributed by atoms with van der Waals surface area (Å²) in [5.41, 5.74) is 6.72. The molecule has 4 aliphatic carbocycles. The first kappa shape index (κ1) is 15.1. The Morgan fingerprint density at radius 3 is 2.57 bits per heavy atom. The van der Waals surface area contributed by atoms with Gasteiger partial charge in [0.1, 0.15) is 6.10 Å². The average molecular weight is 296 g/mol. The van der Waals surface area contributed by atoms with Crippen LogP contribution in [0.2, 0.25) is 0 Å². The molecule has 0 aliphatic heterocycles. The molecule has 0 aromatic rings. The maximum absolute atomic E-state index is 10.8. The molecule has 0 amide bonds. The highest BCUT2D eigenvalue weighted by Gasteiger charge is 2.64. The topological polar surface area (TPSA) is 78.4 Å². The Kier molecular flexibility index (Phi) is 3.47. The molecule has 0 aromatic carbocycles. The molecule has 0 radical (unpaired) electrons. The van der Waals surface area contributed by atoms with Gasteiger partial charge in [-0.05, 0) is 80.6 Å². The first-order valence-electron chi connectivity index (χ1n) is 8.38. The lowest BCUT2D eigenvalue weighted by Crippen LogP contribution is -2.62. The second kappa shape index (κ2) is 4.83. The number of nitrogens with two attached hydrogens (primary N) is 1. The van der Waals surface area contributed by atoms with Crippen LogP contribution in [0.25, 0.3) is 0 Å². The number of nitrogens with zero attached hydrogens (tertiary/aromatic N) is 1. The molecule has 5 heteroatoms. The van der Waals surface area contributed by atoms with Crippen molar-refractivity contribution in [3.63, 3.8) is 0 Å². The van der Waals surface area contributed by atoms with E-state index in [0.717, 1.165) is 25.8 Å². The summed E-state index contributed by atoms with van der Waals surface area (Å²) in [6.45, 7) is 4.87. The molecule has 5 unspecified atom stereocenters. The van der Waals surface area contributed by atoms with Crippen molar-refractivity contribution >= 4 is 0 Å². The molecular formula is C16H28N2O3. The normalized spacial score (nSPS) is 45.6. The Hall–Kier alpha value is -0.840. The van der Waals surface area contributed by atoms with Gasteiger partial charge < -0.3 is 10.6 Å². The molecule has 0 saturated heterocycles. The fourth-order valence-corrected chi connectivity index (χ4v) is 6.66. The molecule has 4 rings (SSSR count). The molecular weight excluding hydrogens is 268 g/mol. The summed E-state index contributed by atoms with van der Waals surface area (Å²) >= 11 is 0. The van der Waals surface area contributed by atoms with Crippen molar-refractivity contribution in [3.8, 4) is 0 Å². The van der Waals surface area contributed by atoms with E-state index in [-0.39, 0.29) is 16.9 Å². The molecule has 4 bridgehead atoms. The van der Waals surface area contributed by atoms with Crippen molar-refractivity contribution in [2.45, 2.75) is 71.3 Å². The van der Waals surface area contributed by atoms with E-state index in [0.29, 0.717) is 11.3 Å². The third-order valence-corrected chi connectivity index (χ3v) is 6.66. The van der Waals surface area contributed by atoms with Crippen LogP contribution >= 0.6 is 0 Å². The predicted octanol–water partition coefficient (Wildman–Crippen LogP) is 3.30. The van der Waals surface area contributed by atoms with Crippen LogP contribution in [-0.2, 0) is 4.84 Å². The van der Waals surface area contributed by atoms with E-state index in [9.17, 15) is 10.1 Å². The molecule has 5 atom stereocenters. The van der Waals surface area contributed by atoms with Gasteiger partial charge in [-0.15, -0.1) is 10.1 Å². The van der Waals surface area contributed by atoms with Crippen LogP contribution in [-0.4, -0.2) is 17.7 Å². The Bertz CT molecular complexity index is 443. The lowest BCUT2D eigenvalue weighted by molar-refractivity contribution is -0.772. The van der Waals surface area contributed by atoms with Crippen LogP contribution in [0.3, 0.4) is 0 Å². The minimum Gasteiger partial charge on any atom is -0.330 e. The van der Waals surface area contributed by atoms with Crippen LogP contribution < -0.4 is 5.73 Å². The van der Waals surface area contributed by atoms with Crippen LogP contribution in [0.4, 0.5) is 0 Å². The standard InChI is InChI=1S/C16H28N2O3/c1-3-4-14-5-13-6-15(8-14,11-17)10-16(7-13,9-14)12(2)21-18(19)20/h12-13H,3-11,17H2,1-2H3. The fraction of sp³-hybridized carbons (Fsp3) is 1.00. The number of hydrogen-bond acceptors (Lipinski definition) is 4. The summed E-state index contributed by atoms with van der Waals surface area (Å²) in [6, 6.07) is 0. The first-order valence-corrected chi connectivity index (χ1v) is 8.38. The Balaban J connectivity index is 1.93. The van der Waals surface area contributed by atoms with E-state index in [1.54, 1.807) is 0 Å². The van der Waals surface area contributed by atoms with Crippen LogP contribution in [0.5, 0.6) is 0 Å². The third-order valence-electron chi connectivity index (χ3n) is 6.66. The van der Waals surface area contributed by atoms with Gasteiger partial charge in [0.15, 0.2) is 0 Å².